The van der Waals surface area contributed by atoms with Gasteiger partial charge in [-0.1, -0.05) is 29.8 Å². The molecule has 24 heavy (non-hydrogen) atoms. The maximum atomic E-state index is 13.1. The average Bonchev–Trinajstić information content (AvgIpc) is 2.56. The zero-order valence-corrected chi connectivity index (χ0v) is 14.4. The van der Waals surface area contributed by atoms with Crippen LogP contribution in [0.3, 0.4) is 0 Å². The molecule has 0 radical (unpaired) electrons. The van der Waals surface area contributed by atoms with Crippen molar-refractivity contribution in [3.05, 3.63) is 59.4 Å². The zero-order valence-electron chi connectivity index (χ0n) is 12.9. The number of benzene rings is 2. The third-order valence-corrected chi connectivity index (χ3v) is 5.38. The number of rotatable bonds is 6. The summed E-state index contributed by atoms with van der Waals surface area (Å²) in [4.78, 5) is 11.9. The molecule has 0 aromatic heterocycles. The van der Waals surface area contributed by atoms with Gasteiger partial charge in [0.2, 0.25) is 15.9 Å². The first-order valence-corrected chi connectivity index (χ1v) is 9.05. The van der Waals surface area contributed by atoms with Crippen LogP contribution in [0.2, 0.25) is 5.02 Å². The lowest BCUT2D eigenvalue weighted by molar-refractivity contribution is -0.115. The molecule has 0 aliphatic carbocycles. The molecular weight excluding hydrogens is 355 g/mol. The van der Waals surface area contributed by atoms with Crippen LogP contribution in [0.1, 0.15) is 6.42 Å². The molecule has 0 aliphatic rings. The van der Waals surface area contributed by atoms with Crippen molar-refractivity contribution in [1.82, 2.24) is 0 Å². The quantitative estimate of drug-likeness (QED) is 0.848. The van der Waals surface area contributed by atoms with Crippen LogP contribution in [0.15, 0.2) is 48.5 Å². The van der Waals surface area contributed by atoms with Gasteiger partial charge < -0.3 is 5.32 Å². The molecule has 0 atom stereocenters. The number of amides is 1. The maximum Gasteiger partial charge on any atom is 0.235 e. The summed E-state index contributed by atoms with van der Waals surface area (Å²) in [6.07, 6.45) is -0.228. The summed E-state index contributed by atoms with van der Waals surface area (Å²) in [5.74, 6) is -1.44. The molecule has 2 aromatic rings. The van der Waals surface area contributed by atoms with Crippen molar-refractivity contribution in [3.8, 4) is 0 Å². The molecule has 2 rings (SSSR count). The molecular formula is C16H16ClFN2O3S. The molecule has 0 heterocycles. The highest BCUT2D eigenvalue weighted by Crippen LogP contribution is 2.20. The van der Waals surface area contributed by atoms with Gasteiger partial charge in [0.1, 0.15) is 5.82 Å². The molecule has 8 heteroatoms. The van der Waals surface area contributed by atoms with Crippen molar-refractivity contribution in [3.63, 3.8) is 0 Å². The van der Waals surface area contributed by atoms with E-state index in [1.165, 1.54) is 19.2 Å². The fourth-order valence-electron chi connectivity index (χ4n) is 1.95. The minimum Gasteiger partial charge on any atom is -0.326 e. The van der Waals surface area contributed by atoms with Crippen LogP contribution in [0.25, 0.3) is 0 Å². The monoisotopic (exact) mass is 370 g/mol. The summed E-state index contributed by atoms with van der Waals surface area (Å²) < 4.78 is 38.7. The molecule has 0 bridgehead atoms. The van der Waals surface area contributed by atoms with Gasteiger partial charge in [0, 0.05) is 19.2 Å². The molecule has 5 nitrogen and oxygen atoms in total. The fraction of sp³-hybridized carbons (Fsp3) is 0.188. The summed E-state index contributed by atoms with van der Waals surface area (Å²) in [5, 5.41) is 2.37. The Kier molecular flexibility index (Phi) is 5.80. The van der Waals surface area contributed by atoms with Gasteiger partial charge in [-0.3, -0.25) is 9.10 Å². The van der Waals surface area contributed by atoms with Crippen LogP contribution in [-0.2, 0) is 14.8 Å². The van der Waals surface area contributed by atoms with Gasteiger partial charge >= 0.3 is 0 Å². The number of halogens is 2. The van der Waals surface area contributed by atoms with Crippen molar-refractivity contribution in [2.75, 3.05) is 22.4 Å². The lowest BCUT2D eigenvalue weighted by atomic mass is 10.3. The minimum atomic E-state index is -3.63. The Bertz CT molecular complexity index is 828. The van der Waals surface area contributed by atoms with E-state index in [4.69, 9.17) is 11.6 Å². The Labute approximate surface area is 145 Å². The molecule has 128 valence electrons. The lowest BCUT2D eigenvalue weighted by Gasteiger charge is -2.19. The topological polar surface area (TPSA) is 66.5 Å². The van der Waals surface area contributed by atoms with Crippen LogP contribution in [0.5, 0.6) is 0 Å². The third-order valence-electron chi connectivity index (χ3n) is 3.33. The van der Waals surface area contributed by atoms with Crippen LogP contribution >= 0.6 is 11.6 Å². The van der Waals surface area contributed by atoms with Crippen LogP contribution in [0.4, 0.5) is 15.8 Å². The first-order valence-electron chi connectivity index (χ1n) is 7.06. The average molecular weight is 371 g/mol. The van der Waals surface area contributed by atoms with E-state index in [1.54, 1.807) is 30.3 Å². The van der Waals surface area contributed by atoms with E-state index in [0.717, 1.165) is 10.4 Å². The van der Waals surface area contributed by atoms with Gasteiger partial charge in [-0.05, 0) is 30.3 Å². The van der Waals surface area contributed by atoms with Crippen LogP contribution in [-0.4, -0.2) is 27.1 Å². The predicted molar refractivity (Wildman–Crippen MR) is 93.3 cm³/mol. The number of carbonyl (C=O) groups is 1. The highest BCUT2D eigenvalue weighted by Gasteiger charge is 2.19. The summed E-state index contributed by atoms with van der Waals surface area (Å²) in [6, 6.07) is 12.3. The molecule has 0 unspecified atom stereocenters. The first kappa shape index (κ1) is 18.2. The predicted octanol–water partition coefficient (Wildman–Crippen LogP) is 3.27. The van der Waals surface area contributed by atoms with E-state index in [2.05, 4.69) is 5.32 Å². The SMILES string of the molecule is CN(c1ccccc1)S(=O)(=O)CCC(=O)Nc1ccc(F)c(Cl)c1. The number of anilines is 2. The van der Waals surface area contributed by atoms with Gasteiger partial charge in [-0.2, -0.15) is 0 Å². The van der Waals surface area contributed by atoms with Gasteiger partial charge in [0.15, 0.2) is 0 Å². The highest BCUT2D eigenvalue weighted by molar-refractivity contribution is 7.92. The van der Waals surface area contributed by atoms with Gasteiger partial charge in [-0.15, -0.1) is 0 Å². The van der Waals surface area contributed by atoms with Crippen molar-refractivity contribution in [2.45, 2.75) is 6.42 Å². The molecule has 0 fully saturated rings. The third kappa shape index (κ3) is 4.69. The lowest BCUT2D eigenvalue weighted by Crippen LogP contribution is -2.30. The van der Waals surface area contributed by atoms with Crippen LogP contribution < -0.4 is 9.62 Å². The number of hydrogen-bond acceptors (Lipinski definition) is 3. The summed E-state index contributed by atoms with van der Waals surface area (Å²) in [7, 11) is -2.20. The number of hydrogen-bond donors (Lipinski definition) is 1. The van der Waals surface area contributed by atoms with E-state index in [9.17, 15) is 17.6 Å². The Balaban J connectivity index is 1.96. The number of nitrogens with one attached hydrogen (secondary N) is 1. The highest BCUT2D eigenvalue weighted by atomic mass is 35.5. The molecule has 0 saturated heterocycles. The fourth-order valence-corrected chi connectivity index (χ4v) is 3.30. The van der Waals surface area contributed by atoms with Gasteiger partial charge in [-0.25, -0.2) is 12.8 Å². The Hall–Kier alpha value is -2.12. The second kappa shape index (κ2) is 7.63. The Morgan fingerprint density at radius 3 is 2.50 bits per heavy atom. The molecule has 2 aromatic carbocycles. The summed E-state index contributed by atoms with van der Waals surface area (Å²) in [5.41, 5.74) is 0.823. The summed E-state index contributed by atoms with van der Waals surface area (Å²) in [6.45, 7) is 0. The number of para-hydroxylation sites is 1. The first-order chi connectivity index (χ1) is 11.3. The van der Waals surface area contributed by atoms with Gasteiger partial charge in [0.05, 0.1) is 16.5 Å². The van der Waals surface area contributed by atoms with Crippen molar-refractivity contribution in [1.29, 1.82) is 0 Å². The van der Waals surface area contributed by atoms with E-state index >= 15 is 0 Å². The van der Waals surface area contributed by atoms with Gasteiger partial charge in [0.25, 0.3) is 0 Å². The second-order valence-corrected chi connectivity index (χ2v) is 7.57. The largest absolute Gasteiger partial charge is 0.326 e. The number of carbonyl (C=O) groups excluding carboxylic acids is 1. The summed E-state index contributed by atoms with van der Waals surface area (Å²) >= 11 is 5.63. The Morgan fingerprint density at radius 2 is 1.88 bits per heavy atom. The van der Waals surface area contributed by atoms with Crippen molar-refractivity contribution < 1.29 is 17.6 Å². The second-order valence-electron chi connectivity index (χ2n) is 5.05. The van der Waals surface area contributed by atoms with E-state index in [-0.39, 0.29) is 17.2 Å². The standard InChI is InChI=1S/C16H16ClFN2O3S/c1-20(13-5-3-2-4-6-13)24(22,23)10-9-16(21)19-12-7-8-15(18)14(17)11-12/h2-8,11H,9-10H2,1H3,(H,19,21). The zero-order chi connectivity index (χ0) is 17.7. The van der Waals surface area contributed by atoms with Crippen molar-refractivity contribution >= 4 is 38.9 Å². The van der Waals surface area contributed by atoms with Crippen molar-refractivity contribution in [2.24, 2.45) is 0 Å². The minimum absolute atomic E-state index is 0.121. The maximum absolute atomic E-state index is 13.1. The smallest absolute Gasteiger partial charge is 0.235 e. The molecule has 0 aliphatic heterocycles. The molecule has 1 amide bonds. The van der Waals surface area contributed by atoms with Crippen LogP contribution in [0, 0.1) is 5.82 Å². The molecule has 0 spiro atoms. The molecule has 1 N–H and O–H groups in total. The van der Waals surface area contributed by atoms with E-state index in [1.807, 2.05) is 0 Å². The van der Waals surface area contributed by atoms with E-state index in [0.29, 0.717) is 11.4 Å². The molecule has 0 saturated carbocycles. The Morgan fingerprint density at radius 1 is 1.21 bits per heavy atom. The normalized spacial score (nSPS) is 11.1. The van der Waals surface area contributed by atoms with E-state index < -0.39 is 21.7 Å². The number of nitrogens with zero attached hydrogens (tertiary/aromatic N) is 1. The number of sulfonamides is 1.